The van der Waals surface area contributed by atoms with Crippen LogP contribution in [0.4, 0.5) is 0 Å². The van der Waals surface area contributed by atoms with E-state index in [1.165, 1.54) is 54.5 Å². The van der Waals surface area contributed by atoms with E-state index < -0.39 is 0 Å². The number of nitrogens with one attached hydrogen (secondary N) is 1. The van der Waals surface area contributed by atoms with E-state index in [9.17, 15) is 0 Å². The van der Waals surface area contributed by atoms with E-state index in [4.69, 9.17) is 11.6 Å². The van der Waals surface area contributed by atoms with Crippen LogP contribution in [0.5, 0.6) is 0 Å². The van der Waals surface area contributed by atoms with Crippen molar-refractivity contribution in [2.45, 2.75) is 32.2 Å². The third-order valence-corrected chi connectivity index (χ3v) is 4.89. The molecule has 1 N–H and O–H groups in total. The number of halogens is 2. The summed E-state index contributed by atoms with van der Waals surface area (Å²) in [4.78, 5) is 2.59. The maximum absolute atomic E-state index is 6.02. The van der Waals surface area contributed by atoms with Crippen LogP contribution in [-0.4, -0.2) is 31.1 Å². The van der Waals surface area contributed by atoms with Crippen molar-refractivity contribution in [2.75, 3.05) is 26.2 Å². The van der Waals surface area contributed by atoms with Gasteiger partial charge in [-0.1, -0.05) is 18.0 Å². The molecular weight excluding hydrogens is 371 g/mol. The fourth-order valence-electron chi connectivity index (χ4n) is 2.51. The molecule has 1 aliphatic heterocycles. The Morgan fingerprint density at radius 1 is 1.21 bits per heavy atom. The Labute approximate surface area is 135 Å². The van der Waals surface area contributed by atoms with Crippen molar-refractivity contribution in [3.63, 3.8) is 0 Å². The molecule has 0 bridgehead atoms. The number of piperidine rings is 1. The molecule has 1 aliphatic rings. The Morgan fingerprint density at radius 3 is 2.79 bits per heavy atom. The summed E-state index contributed by atoms with van der Waals surface area (Å²) in [7, 11) is 0. The second-order valence-electron chi connectivity index (χ2n) is 5.17. The van der Waals surface area contributed by atoms with Crippen LogP contribution in [0, 0.1) is 3.57 Å². The maximum Gasteiger partial charge on any atom is 0.0409 e. The molecule has 1 fully saturated rings. The van der Waals surface area contributed by atoms with Gasteiger partial charge in [0.1, 0.15) is 0 Å². The van der Waals surface area contributed by atoms with Gasteiger partial charge >= 0.3 is 0 Å². The van der Waals surface area contributed by atoms with Crippen LogP contribution in [0.2, 0.25) is 5.02 Å². The smallest absolute Gasteiger partial charge is 0.0409 e. The molecule has 0 amide bonds. The fraction of sp³-hybridized carbons (Fsp3) is 0.600. The summed E-state index contributed by atoms with van der Waals surface area (Å²) < 4.78 is 1.28. The molecule has 1 aromatic rings. The lowest BCUT2D eigenvalue weighted by Gasteiger charge is -2.26. The molecule has 0 atom stereocenters. The summed E-state index contributed by atoms with van der Waals surface area (Å²) in [5.74, 6) is 0. The third kappa shape index (κ3) is 5.58. The fourth-order valence-corrected chi connectivity index (χ4v) is 3.23. The van der Waals surface area contributed by atoms with Crippen molar-refractivity contribution in [3.05, 3.63) is 32.4 Å². The molecule has 0 aliphatic carbocycles. The molecular formula is C15H22ClIN2. The normalized spacial score (nSPS) is 16.7. The zero-order valence-electron chi connectivity index (χ0n) is 11.3. The predicted octanol–water partition coefficient (Wildman–Crippen LogP) is 3.91. The van der Waals surface area contributed by atoms with Crippen LogP contribution in [0.1, 0.15) is 31.2 Å². The maximum atomic E-state index is 6.02. The Hall–Kier alpha value is 0.160. The zero-order chi connectivity index (χ0) is 13.5. The molecule has 106 valence electrons. The van der Waals surface area contributed by atoms with Gasteiger partial charge in [-0.25, -0.2) is 0 Å². The Kier molecular flexibility index (Phi) is 6.91. The van der Waals surface area contributed by atoms with Crippen molar-refractivity contribution in [2.24, 2.45) is 0 Å². The Morgan fingerprint density at radius 2 is 2.00 bits per heavy atom. The number of hydrogen-bond acceptors (Lipinski definition) is 2. The number of rotatable bonds is 6. The molecule has 19 heavy (non-hydrogen) atoms. The average molecular weight is 393 g/mol. The van der Waals surface area contributed by atoms with Gasteiger partial charge in [0.15, 0.2) is 0 Å². The standard InChI is InChI=1S/C15H22ClIN2/c16-14-5-6-15(17)13(11-14)12-18-7-4-10-19-8-2-1-3-9-19/h5-6,11,18H,1-4,7-10,12H2. The molecule has 0 aromatic heterocycles. The summed E-state index contributed by atoms with van der Waals surface area (Å²) in [6, 6.07) is 6.08. The molecule has 1 aromatic carbocycles. The van der Waals surface area contributed by atoms with Crippen LogP contribution in [0.25, 0.3) is 0 Å². The number of hydrogen-bond donors (Lipinski definition) is 1. The highest BCUT2D eigenvalue weighted by Gasteiger charge is 2.08. The Balaban J connectivity index is 1.62. The first-order valence-corrected chi connectivity index (χ1v) is 8.58. The molecule has 1 heterocycles. The largest absolute Gasteiger partial charge is 0.313 e. The zero-order valence-corrected chi connectivity index (χ0v) is 14.2. The summed E-state index contributed by atoms with van der Waals surface area (Å²) in [5, 5.41) is 4.34. The molecule has 4 heteroatoms. The van der Waals surface area contributed by atoms with Gasteiger partial charge in [-0.3, -0.25) is 0 Å². The van der Waals surface area contributed by atoms with Gasteiger partial charge < -0.3 is 10.2 Å². The van der Waals surface area contributed by atoms with Crippen LogP contribution in [-0.2, 0) is 6.54 Å². The van der Waals surface area contributed by atoms with Crippen molar-refractivity contribution < 1.29 is 0 Å². The summed E-state index contributed by atoms with van der Waals surface area (Å²) in [6.45, 7) is 5.83. The van der Waals surface area contributed by atoms with Gasteiger partial charge in [-0.15, -0.1) is 0 Å². The molecule has 1 saturated heterocycles. The predicted molar refractivity (Wildman–Crippen MR) is 90.8 cm³/mol. The van der Waals surface area contributed by atoms with Crippen LogP contribution >= 0.6 is 34.2 Å². The lowest BCUT2D eigenvalue weighted by atomic mass is 10.1. The van der Waals surface area contributed by atoms with Gasteiger partial charge in [0.05, 0.1) is 0 Å². The quantitative estimate of drug-likeness (QED) is 0.583. The molecule has 0 spiro atoms. The summed E-state index contributed by atoms with van der Waals surface area (Å²) in [6.07, 6.45) is 5.42. The SMILES string of the molecule is Clc1ccc(I)c(CNCCCN2CCCCC2)c1. The van der Waals surface area contributed by atoms with Crippen molar-refractivity contribution in [1.29, 1.82) is 0 Å². The van der Waals surface area contributed by atoms with Crippen molar-refractivity contribution in [3.8, 4) is 0 Å². The first-order chi connectivity index (χ1) is 9.25. The first-order valence-electron chi connectivity index (χ1n) is 7.13. The number of nitrogens with zero attached hydrogens (tertiary/aromatic N) is 1. The lowest BCUT2D eigenvalue weighted by Crippen LogP contribution is -2.32. The third-order valence-electron chi connectivity index (χ3n) is 3.60. The van der Waals surface area contributed by atoms with E-state index in [2.05, 4.69) is 44.9 Å². The topological polar surface area (TPSA) is 15.3 Å². The second kappa shape index (κ2) is 8.45. The van der Waals surface area contributed by atoms with Crippen molar-refractivity contribution >= 4 is 34.2 Å². The van der Waals surface area contributed by atoms with Gasteiger partial charge in [0.2, 0.25) is 0 Å². The lowest BCUT2D eigenvalue weighted by molar-refractivity contribution is 0.225. The average Bonchev–Trinajstić information content (AvgIpc) is 2.43. The van der Waals surface area contributed by atoms with E-state index >= 15 is 0 Å². The van der Waals surface area contributed by atoms with Crippen LogP contribution < -0.4 is 5.32 Å². The molecule has 2 nitrogen and oxygen atoms in total. The number of likely N-dealkylation sites (tertiary alicyclic amines) is 1. The van der Waals surface area contributed by atoms with E-state index in [0.29, 0.717) is 0 Å². The van der Waals surface area contributed by atoms with Crippen molar-refractivity contribution in [1.82, 2.24) is 10.2 Å². The van der Waals surface area contributed by atoms with E-state index in [1.54, 1.807) is 0 Å². The van der Waals surface area contributed by atoms with E-state index in [-0.39, 0.29) is 0 Å². The number of benzene rings is 1. The summed E-state index contributed by atoms with van der Waals surface area (Å²) in [5.41, 5.74) is 1.30. The molecule has 0 radical (unpaired) electrons. The minimum atomic E-state index is 0.825. The summed E-state index contributed by atoms with van der Waals surface area (Å²) >= 11 is 8.39. The molecule has 0 unspecified atom stereocenters. The van der Waals surface area contributed by atoms with Gasteiger partial charge in [0, 0.05) is 15.1 Å². The van der Waals surface area contributed by atoms with Gasteiger partial charge in [-0.2, -0.15) is 0 Å². The van der Waals surface area contributed by atoms with Crippen LogP contribution in [0.3, 0.4) is 0 Å². The van der Waals surface area contributed by atoms with E-state index in [0.717, 1.165) is 18.1 Å². The van der Waals surface area contributed by atoms with Crippen LogP contribution in [0.15, 0.2) is 18.2 Å². The monoisotopic (exact) mass is 392 g/mol. The van der Waals surface area contributed by atoms with E-state index in [1.807, 2.05) is 6.07 Å². The highest BCUT2D eigenvalue weighted by atomic mass is 127. The molecule has 0 saturated carbocycles. The Bertz CT molecular complexity index is 392. The first kappa shape index (κ1) is 15.5. The minimum absolute atomic E-state index is 0.825. The van der Waals surface area contributed by atoms with Gasteiger partial charge in [-0.05, 0) is 91.8 Å². The second-order valence-corrected chi connectivity index (χ2v) is 6.77. The van der Waals surface area contributed by atoms with Gasteiger partial charge in [0.25, 0.3) is 0 Å². The highest BCUT2D eigenvalue weighted by molar-refractivity contribution is 14.1. The highest BCUT2D eigenvalue weighted by Crippen LogP contribution is 2.17. The minimum Gasteiger partial charge on any atom is -0.313 e. The molecule has 2 rings (SSSR count).